The van der Waals surface area contributed by atoms with E-state index in [9.17, 15) is 27.9 Å². The summed E-state index contributed by atoms with van der Waals surface area (Å²) in [5, 5.41) is 19.7. The molecule has 1 heterocycles. The van der Waals surface area contributed by atoms with Crippen LogP contribution in [0.2, 0.25) is 0 Å². The first-order valence-corrected chi connectivity index (χ1v) is 13.2. The average molecular weight is 596 g/mol. The number of ether oxygens (including phenoxy) is 1. The van der Waals surface area contributed by atoms with Crippen molar-refractivity contribution in [3.05, 3.63) is 59.7 Å². The molecule has 0 aromatic heterocycles. The maximum absolute atomic E-state index is 12.5. The molecule has 230 valence electrons. The zero-order chi connectivity index (χ0) is 31.3. The van der Waals surface area contributed by atoms with Gasteiger partial charge in [0.2, 0.25) is 5.91 Å². The zero-order valence-corrected chi connectivity index (χ0v) is 23.7. The molecule has 42 heavy (non-hydrogen) atoms. The number of anilines is 1. The Morgan fingerprint density at radius 2 is 1.60 bits per heavy atom. The van der Waals surface area contributed by atoms with Gasteiger partial charge in [-0.1, -0.05) is 12.1 Å². The van der Waals surface area contributed by atoms with E-state index in [2.05, 4.69) is 15.1 Å². The number of hydrogen-bond acceptors (Lipinski definition) is 6. The number of nitrogens with one attached hydrogen (secondary N) is 1. The lowest BCUT2D eigenvalue weighted by Gasteiger charge is -2.37. The normalized spacial score (nSPS) is 14.0. The van der Waals surface area contributed by atoms with E-state index in [-0.39, 0.29) is 11.5 Å². The van der Waals surface area contributed by atoms with Crippen LogP contribution in [0, 0.1) is 0 Å². The van der Waals surface area contributed by atoms with Crippen LogP contribution in [0.5, 0.6) is 5.75 Å². The third-order valence-corrected chi connectivity index (χ3v) is 6.32. The van der Waals surface area contributed by atoms with Gasteiger partial charge in [-0.15, -0.1) is 0 Å². The lowest BCUT2D eigenvalue weighted by atomic mass is 10.2. The number of rotatable bonds is 9. The number of carboxylic acids is 2. The maximum Gasteiger partial charge on any atom is 0.490 e. The van der Waals surface area contributed by atoms with E-state index in [1.165, 1.54) is 0 Å². The highest BCUT2D eigenvalue weighted by Gasteiger charge is 2.38. The van der Waals surface area contributed by atoms with E-state index in [0.29, 0.717) is 19.0 Å². The molecule has 0 bridgehead atoms. The molecule has 2 aromatic rings. The topological polar surface area (TPSA) is 135 Å². The molecule has 0 radical (unpaired) electrons. The summed E-state index contributed by atoms with van der Waals surface area (Å²) in [5.41, 5.74) is 2.02. The molecule has 2 aromatic carbocycles. The standard InChI is InChI=1S/C26H35N5O4.C2HF3O2/c1-4-30(5-2)24(32)19-29-13-15-31(16-14-29)26(27-18-20-7-6-8-23(17-20)35-3)28-22-11-9-21(10-12-22)25(33)34;3-2(4,5)1(6)7/h6-12,17H,4-5,13-16,18-19H2,1-3H3,(H,27,28)(H,33,34);(H,6,7). The van der Waals surface area contributed by atoms with Gasteiger partial charge in [-0.2, -0.15) is 13.2 Å². The van der Waals surface area contributed by atoms with Gasteiger partial charge in [-0.3, -0.25) is 9.69 Å². The number of guanidine groups is 1. The minimum Gasteiger partial charge on any atom is -0.497 e. The monoisotopic (exact) mass is 595 g/mol. The predicted molar refractivity (Wildman–Crippen MR) is 151 cm³/mol. The highest BCUT2D eigenvalue weighted by Crippen LogP contribution is 2.16. The van der Waals surface area contributed by atoms with Crippen LogP contribution < -0.4 is 10.1 Å². The molecule has 1 aliphatic heterocycles. The average Bonchev–Trinajstić information content (AvgIpc) is 2.96. The quantitative estimate of drug-likeness (QED) is 0.294. The Morgan fingerprint density at radius 3 is 2.10 bits per heavy atom. The van der Waals surface area contributed by atoms with Gasteiger partial charge in [0, 0.05) is 45.0 Å². The van der Waals surface area contributed by atoms with Gasteiger partial charge in [0.05, 0.1) is 25.8 Å². The molecule has 1 amide bonds. The van der Waals surface area contributed by atoms with Crippen molar-refractivity contribution in [1.29, 1.82) is 0 Å². The fourth-order valence-electron chi connectivity index (χ4n) is 3.97. The third kappa shape index (κ3) is 10.9. The van der Waals surface area contributed by atoms with Crippen LogP contribution in [0.1, 0.15) is 29.8 Å². The lowest BCUT2D eigenvalue weighted by molar-refractivity contribution is -0.192. The molecular formula is C28H36F3N5O6. The highest BCUT2D eigenvalue weighted by atomic mass is 19.4. The molecular weight excluding hydrogens is 559 g/mol. The summed E-state index contributed by atoms with van der Waals surface area (Å²) in [7, 11) is 1.64. The number of likely N-dealkylation sites (N-methyl/N-ethyl adjacent to an activating group) is 1. The minimum absolute atomic E-state index is 0.159. The summed E-state index contributed by atoms with van der Waals surface area (Å²) in [6.45, 7) is 9.30. The van der Waals surface area contributed by atoms with E-state index < -0.39 is 18.1 Å². The number of carbonyl (C=O) groups excluding carboxylic acids is 1. The van der Waals surface area contributed by atoms with Crippen molar-refractivity contribution >= 4 is 29.5 Å². The van der Waals surface area contributed by atoms with E-state index in [1.807, 2.05) is 43.0 Å². The number of hydrogen-bond donors (Lipinski definition) is 3. The van der Waals surface area contributed by atoms with E-state index in [0.717, 1.165) is 56.3 Å². The van der Waals surface area contributed by atoms with Gasteiger partial charge in [0.15, 0.2) is 5.96 Å². The number of aliphatic carboxylic acids is 1. The van der Waals surface area contributed by atoms with Gasteiger partial charge < -0.3 is 30.1 Å². The molecule has 1 fully saturated rings. The number of carboxylic acid groups (broad SMARTS) is 2. The zero-order valence-electron chi connectivity index (χ0n) is 23.7. The van der Waals surface area contributed by atoms with Crippen LogP contribution in [0.3, 0.4) is 0 Å². The Labute approximate surface area is 242 Å². The van der Waals surface area contributed by atoms with Crippen molar-refractivity contribution in [3.8, 4) is 5.75 Å². The van der Waals surface area contributed by atoms with Crippen molar-refractivity contribution in [1.82, 2.24) is 14.7 Å². The van der Waals surface area contributed by atoms with Crippen molar-refractivity contribution in [2.24, 2.45) is 4.99 Å². The van der Waals surface area contributed by atoms with Crippen LogP contribution in [-0.2, 0) is 16.1 Å². The number of methoxy groups -OCH3 is 1. The Hall–Kier alpha value is -4.33. The summed E-state index contributed by atoms with van der Waals surface area (Å²) in [4.78, 5) is 43.6. The molecule has 3 rings (SSSR count). The SMILES string of the molecule is CCN(CC)C(=O)CN1CCN(C(=NCc2cccc(OC)c2)Nc2ccc(C(=O)O)cc2)CC1.O=C(O)C(F)(F)F. The molecule has 11 nitrogen and oxygen atoms in total. The first kappa shape index (κ1) is 33.9. The molecule has 0 spiro atoms. The number of nitrogens with zero attached hydrogens (tertiary/aromatic N) is 4. The molecule has 0 atom stereocenters. The fourth-order valence-corrected chi connectivity index (χ4v) is 3.97. The van der Waals surface area contributed by atoms with Crippen LogP contribution in [-0.4, -0.2) is 108 Å². The number of halogens is 3. The number of benzene rings is 2. The number of amides is 1. The molecule has 0 unspecified atom stereocenters. The van der Waals surface area contributed by atoms with Crippen LogP contribution >= 0.6 is 0 Å². The Kier molecular flexibility index (Phi) is 13.1. The van der Waals surface area contributed by atoms with Crippen molar-refractivity contribution in [3.63, 3.8) is 0 Å². The Morgan fingerprint density at radius 1 is 1.00 bits per heavy atom. The summed E-state index contributed by atoms with van der Waals surface area (Å²) >= 11 is 0. The summed E-state index contributed by atoms with van der Waals surface area (Å²) in [5.74, 6) is -2.06. The van der Waals surface area contributed by atoms with Crippen LogP contribution in [0.25, 0.3) is 0 Å². The first-order chi connectivity index (χ1) is 19.9. The number of aromatic carboxylic acids is 1. The predicted octanol–water partition coefficient (Wildman–Crippen LogP) is 3.48. The van der Waals surface area contributed by atoms with Crippen molar-refractivity contribution < 1.29 is 42.5 Å². The second-order valence-corrected chi connectivity index (χ2v) is 9.13. The molecule has 3 N–H and O–H groups in total. The van der Waals surface area contributed by atoms with Gasteiger partial charge in [-0.05, 0) is 55.8 Å². The number of piperazine rings is 1. The van der Waals surface area contributed by atoms with Crippen molar-refractivity contribution in [2.75, 3.05) is 58.2 Å². The second kappa shape index (κ2) is 16.2. The van der Waals surface area contributed by atoms with Gasteiger partial charge in [0.25, 0.3) is 0 Å². The van der Waals surface area contributed by atoms with Gasteiger partial charge >= 0.3 is 18.1 Å². The number of aliphatic imine (C=N–C) groups is 1. The van der Waals surface area contributed by atoms with Gasteiger partial charge in [-0.25, -0.2) is 14.6 Å². The molecule has 0 aliphatic carbocycles. The van der Waals surface area contributed by atoms with E-state index in [4.69, 9.17) is 19.6 Å². The second-order valence-electron chi connectivity index (χ2n) is 9.13. The Balaban J connectivity index is 0.000000782. The summed E-state index contributed by atoms with van der Waals surface area (Å²) in [6.07, 6.45) is -5.08. The summed E-state index contributed by atoms with van der Waals surface area (Å²) < 4.78 is 37.1. The highest BCUT2D eigenvalue weighted by molar-refractivity contribution is 5.94. The number of alkyl halides is 3. The molecule has 1 aliphatic rings. The minimum atomic E-state index is -5.08. The van der Waals surface area contributed by atoms with Crippen LogP contribution in [0.15, 0.2) is 53.5 Å². The third-order valence-electron chi connectivity index (χ3n) is 6.32. The largest absolute Gasteiger partial charge is 0.497 e. The lowest BCUT2D eigenvalue weighted by Crippen LogP contribution is -2.53. The fraction of sp³-hybridized carbons (Fsp3) is 0.429. The van der Waals surface area contributed by atoms with E-state index >= 15 is 0 Å². The van der Waals surface area contributed by atoms with E-state index in [1.54, 1.807) is 31.4 Å². The molecule has 0 saturated carbocycles. The molecule has 14 heteroatoms. The smallest absolute Gasteiger partial charge is 0.490 e. The maximum atomic E-state index is 12.5. The number of carbonyl (C=O) groups is 3. The van der Waals surface area contributed by atoms with Gasteiger partial charge in [0.1, 0.15) is 5.75 Å². The van der Waals surface area contributed by atoms with Crippen LogP contribution in [0.4, 0.5) is 18.9 Å². The van der Waals surface area contributed by atoms with Crippen molar-refractivity contribution in [2.45, 2.75) is 26.6 Å². The Bertz CT molecular complexity index is 1210. The summed E-state index contributed by atoms with van der Waals surface area (Å²) in [6, 6.07) is 14.4. The first-order valence-electron chi connectivity index (χ1n) is 13.2. The molecule has 1 saturated heterocycles.